The first-order chi connectivity index (χ1) is 11.3. The minimum absolute atomic E-state index is 0.0392. The third-order valence-electron chi connectivity index (χ3n) is 5.07. The molecule has 0 bridgehead atoms. The van der Waals surface area contributed by atoms with E-state index in [0.717, 1.165) is 5.56 Å². The van der Waals surface area contributed by atoms with Crippen LogP contribution in [0.15, 0.2) is 30.3 Å². The van der Waals surface area contributed by atoms with E-state index in [0.29, 0.717) is 13.1 Å². The molecule has 3 rings (SSSR count). The van der Waals surface area contributed by atoms with Crippen molar-refractivity contribution in [2.45, 2.75) is 39.0 Å². The molecule has 6 nitrogen and oxygen atoms in total. The molecular weight excluding hydrogens is 308 g/mol. The van der Waals surface area contributed by atoms with Crippen molar-refractivity contribution in [3.05, 3.63) is 35.9 Å². The fourth-order valence-electron chi connectivity index (χ4n) is 3.94. The van der Waals surface area contributed by atoms with Crippen LogP contribution in [0, 0.1) is 11.3 Å². The smallest absolute Gasteiger partial charge is 0.407 e. The molecule has 2 fully saturated rings. The maximum atomic E-state index is 11.4. The number of rotatable bonds is 3. The van der Waals surface area contributed by atoms with Crippen molar-refractivity contribution in [3.63, 3.8) is 0 Å². The predicted molar refractivity (Wildman–Crippen MR) is 89.3 cm³/mol. The van der Waals surface area contributed by atoms with Crippen LogP contribution >= 0.6 is 0 Å². The number of carbonyl (C=O) groups is 1. The molecule has 0 aromatic heterocycles. The molecule has 24 heavy (non-hydrogen) atoms. The first-order valence-corrected chi connectivity index (χ1v) is 8.41. The maximum Gasteiger partial charge on any atom is 0.407 e. The van der Waals surface area contributed by atoms with Crippen molar-refractivity contribution < 1.29 is 19.8 Å². The van der Waals surface area contributed by atoms with Gasteiger partial charge in [-0.2, -0.15) is 5.06 Å². The molecule has 1 amide bonds. The van der Waals surface area contributed by atoms with Crippen molar-refractivity contribution in [1.82, 2.24) is 9.96 Å². The Hall–Kier alpha value is -1.63. The minimum atomic E-state index is -0.891. The van der Waals surface area contributed by atoms with Crippen LogP contribution in [0.1, 0.15) is 32.4 Å². The van der Waals surface area contributed by atoms with E-state index in [1.807, 2.05) is 35.4 Å². The SMILES string of the molecule is CC(C)(C)C1ON([C@@H](CO)c2ccccc2)[C@H]2CN(C(=O)O)C[C@@H]12. The van der Waals surface area contributed by atoms with E-state index >= 15 is 0 Å². The van der Waals surface area contributed by atoms with Crippen molar-refractivity contribution >= 4 is 6.09 Å². The van der Waals surface area contributed by atoms with E-state index < -0.39 is 6.09 Å². The minimum Gasteiger partial charge on any atom is -0.465 e. The van der Waals surface area contributed by atoms with Gasteiger partial charge in [-0.15, -0.1) is 0 Å². The highest BCUT2D eigenvalue weighted by Crippen LogP contribution is 2.45. The molecule has 2 aliphatic rings. The van der Waals surface area contributed by atoms with Crippen molar-refractivity contribution in [2.24, 2.45) is 11.3 Å². The van der Waals surface area contributed by atoms with Gasteiger partial charge in [-0.05, 0) is 11.0 Å². The van der Waals surface area contributed by atoms with Gasteiger partial charge in [0, 0.05) is 19.0 Å². The van der Waals surface area contributed by atoms with Crippen LogP contribution in [0.2, 0.25) is 0 Å². The number of aliphatic hydroxyl groups excluding tert-OH is 1. The average molecular weight is 334 g/mol. The first kappa shape index (κ1) is 17.2. The summed E-state index contributed by atoms with van der Waals surface area (Å²) < 4.78 is 0. The normalized spacial score (nSPS) is 28.8. The van der Waals surface area contributed by atoms with Crippen LogP contribution in [0.4, 0.5) is 4.79 Å². The lowest BCUT2D eigenvalue weighted by Gasteiger charge is -2.33. The summed E-state index contributed by atoms with van der Waals surface area (Å²) in [5.74, 6) is 0.110. The number of likely N-dealkylation sites (tertiary alicyclic amines) is 1. The molecule has 132 valence electrons. The molecule has 2 heterocycles. The molecule has 0 saturated carbocycles. The number of fused-ring (bicyclic) bond motifs is 1. The second kappa shape index (κ2) is 6.35. The van der Waals surface area contributed by atoms with Crippen molar-refractivity contribution in [3.8, 4) is 0 Å². The number of benzene rings is 1. The molecule has 6 heteroatoms. The lowest BCUT2D eigenvalue weighted by molar-refractivity contribution is -0.219. The first-order valence-electron chi connectivity index (χ1n) is 8.41. The molecule has 0 radical (unpaired) electrons. The zero-order chi connectivity index (χ0) is 17.5. The Morgan fingerprint density at radius 3 is 2.50 bits per heavy atom. The van der Waals surface area contributed by atoms with Gasteiger partial charge in [0.05, 0.1) is 24.8 Å². The summed E-state index contributed by atoms with van der Waals surface area (Å²) in [5, 5.41) is 21.2. The van der Waals surface area contributed by atoms with E-state index in [-0.39, 0.29) is 36.1 Å². The van der Waals surface area contributed by atoms with Crippen LogP contribution < -0.4 is 0 Å². The Bertz CT molecular complexity index is 586. The highest BCUT2D eigenvalue weighted by molar-refractivity contribution is 5.65. The van der Waals surface area contributed by atoms with E-state index in [1.54, 1.807) is 0 Å². The Labute approximate surface area is 142 Å². The molecule has 0 spiro atoms. The molecule has 1 unspecified atom stereocenters. The van der Waals surface area contributed by atoms with Gasteiger partial charge < -0.3 is 15.1 Å². The van der Waals surface area contributed by atoms with Gasteiger partial charge in [-0.1, -0.05) is 51.1 Å². The van der Waals surface area contributed by atoms with Gasteiger partial charge in [-0.3, -0.25) is 4.84 Å². The van der Waals surface area contributed by atoms with Gasteiger partial charge in [0.15, 0.2) is 0 Å². The molecular formula is C18H26N2O4. The van der Waals surface area contributed by atoms with Crippen molar-refractivity contribution in [2.75, 3.05) is 19.7 Å². The van der Waals surface area contributed by atoms with E-state index in [2.05, 4.69) is 20.8 Å². The number of nitrogens with zero attached hydrogens (tertiary/aromatic N) is 2. The second-order valence-corrected chi connectivity index (χ2v) is 7.78. The van der Waals surface area contributed by atoms with Crippen LogP contribution in [-0.2, 0) is 4.84 Å². The molecule has 2 N–H and O–H groups in total. The van der Waals surface area contributed by atoms with E-state index in [9.17, 15) is 15.0 Å². The summed E-state index contributed by atoms with van der Waals surface area (Å²) in [7, 11) is 0. The predicted octanol–water partition coefficient (Wildman–Crippen LogP) is 2.36. The Morgan fingerprint density at radius 2 is 1.96 bits per heavy atom. The van der Waals surface area contributed by atoms with Gasteiger partial charge in [0.25, 0.3) is 0 Å². The Balaban J connectivity index is 1.91. The summed E-state index contributed by atoms with van der Waals surface area (Å²) in [6.07, 6.45) is -0.970. The van der Waals surface area contributed by atoms with Gasteiger partial charge >= 0.3 is 6.09 Å². The van der Waals surface area contributed by atoms with Crippen LogP contribution in [0.25, 0.3) is 0 Å². The highest BCUT2D eigenvalue weighted by atomic mass is 16.7. The van der Waals surface area contributed by atoms with Crippen molar-refractivity contribution in [1.29, 1.82) is 0 Å². The van der Waals surface area contributed by atoms with E-state index in [4.69, 9.17) is 4.84 Å². The van der Waals surface area contributed by atoms with Gasteiger partial charge in [-0.25, -0.2) is 4.79 Å². The molecule has 1 aromatic carbocycles. The molecule has 4 atom stereocenters. The Kier molecular flexibility index (Phi) is 4.55. The zero-order valence-electron chi connectivity index (χ0n) is 14.4. The molecule has 2 saturated heterocycles. The number of hydrogen-bond acceptors (Lipinski definition) is 4. The molecule has 0 aliphatic carbocycles. The largest absolute Gasteiger partial charge is 0.465 e. The van der Waals surface area contributed by atoms with Crippen LogP contribution in [-0.4, -0.2) is 58.1 Å². The second-order valence-electron chi connectivity index (χ2n) is 7.78. The zero-order valence-corrected chi connectivity index (χ0v) is 14.4. The lowest BCUT2D eigenvalue weighted by Crippen LogP contribution is -2.40. The van der Waals surface area contributed by atoms with Gasteiger partial charge in [0.2, 0.25) is 0 Å². The fourth-order valence-corrected chi connectivity index (χ4v) is 3.94. The number of aliphatic hydroxyl groups is 1. The molecule has 2 aliphatic heterocycles. The Morgan fingerprint density at radius 1 is 1.29 bits per heavy atom. The highest BCUT2D eigenvalue weighted by Gasteiger charge is 2.55. The third kappa shape index (κ3) is 3.01. The number of carboxylic acid groups (broad SMARTS) is 1. The van der Waals surface area contributed by atoms with Crippen LogP contribution in [0.3, 0.4) is 0 Å². The lowest BCUT2D eigenvalue weighted by atomic mass is 9.80. The summed E-state index contributed by atoms with van der Waals surface area (Å²) in [4.78, 5) is 19.2. The molecule has 1 aromatic rings. The number of hydrogen-bond donors (Lipinski definition) is 2. The summed E-state index contributed by atoms with van der Waals surface area (Å²) in [6.45, 7) is 7.15. The third-order valence-corrected chi connectivity index (χ3v) is 5.07. The maximum absolute atomic E-state index is 11.4. The quantitative estimate of drug-likeness (QED) is 0.888. The number of amides is 1. The van der Waals surface area contributed by atoms with Gasteiger partial charge in [0.1, 0.15) is 0 Å². The summed E-state index contributed by atoms with van der Waals surface area (Å²) in [6, 6.07) is 9.41. The van der Waals surface area contributed by atoms with Crippen LogP contribution in [0.5, 0.6) is 0 Å². The topological polar surface area (TPSA) is 73.2 Å². The monoisotopic (exact) mass is 334 g/mol. The fraction of sp³-hybridized carbons (Fsp3) is 0.611. The summed E-state index contributed by atoms with van der Waals surface area (Å²) >= 11 is 0. The number of hydroxylamine groups is 2. The standard InChI is InChI=1S/C18H26N2O4/c1-18(2,3)16-13-9-19(17(22)23)10-14(13)20(24-16)15(11-21)12-7-5-4-6-8-12/h4-8,13-16,21H,9-11H2,1-3H3,(H,22,23)/t13-,14+,15+,16?/m1/s1. The van der Waals surface area contributed by atoms with E-state index in [1.165, 1.54) is 4.90 Å². The average Bonchev–Trinajstić information content (AvgIpc) is 3.08. The summed E-state index contributed by atoms with van der Waals surface area (Å²) in [5.41, 5.74) is 0.866.